The summed E-state index contributed by atoms with van der Waals surface area (Å²) in [6, 6.07) is 10.3. The first-order chi connectivity index (χ1) is 11.2. The number of benzene rings is 1. The van der Waals surface area contributed by atoms with Gasteiger partial charge in [0.2, 0.25) is 5.91 Å². The van der Waals surface area contributed by atoms with Crippen molar-refractivity contribution in [1.29, 1.82) is 0 Å². The van der Waals surface area contributed by atoms with Gasteiger partial charge in [-0.25, -0.2) is 0 Å². The minimum absolute atomic E-state index is 0.145. The molecule has 2 aromatic rings. The number of hydrogen-bond donors (Lipinski definition) is 1. The summed E-state index contributed by atoms with van der Waals surface area (Å²) in [5.74, 6) is 0.707. The van der Waals surface area contributed by atoms with Gasteiger partial charge in [0.15, 0.2) is 0 Å². The molecule has 1 amide bonds. The number of aryl methyl sites for hydroxylation is 1. The minimum atomic E-state index is -0.308. The van der Waals surface area contributed by atoms with Crippen LogP contribution in [0.4, 0.5) is 0 Å². The molecule has 1 aromatic heterocycles. The summed E-state index contributed by atoms with van der Waals surface area (Å²) in [4.78, 5) is 14.8. The van der Waals surface area contributed by atoms with Crippen molar-refractivity contribution in [3.8, 4) is 0 Å². The number of carbonyl (C=O) groups excluding carboxylic acids is 1. The first-order valence-corrected chi connectivity index (χ1v) is 8.18. The van der Waals surface area contributed by atoms with E-state index in [1.807, 2.05) is 31.3 Å². The molecule has 0 aliphatic carbocycles. The number of aromatic nitrogens is 2. The molecule has 1 atom stereocenters. The fourth-order valence-corrected chi connectivity index (χ4v) is 3.36. The number of carbonyl (C=O) groups is 1. The van der Waals surface area contributed by atoms with Gasteiger partial charge in [-0.05, 0) is 31.4 Å². The first kappa shape index (κ1) is 15.7. The lowest BCUT2D eigenvalue weighted by atomic mass is 9.89. The highest BCUT2D eigenvalue weighted by Crippen LogP contribution is 2.29. The van der Waals surface area contributed by atoms with Crippen molar-refractivity contribution in [3.05, 3.63) is 53.9 Å². The number of rotatable bonds is 4. The van der Waals surface area contributed by atoms with Gasteiger partial charge in [-0.2, -0.15) is 5.10 Å². The van der Waals surface area contributed by atoms with Crippen molar-refractivity contribution >= 4 is 5.91 Å². The van der Waals surface area contributed by atoms with Crippen molar-refractivity contribution in [2.24, 2.45) is 7.05 Å². The molecule has 5 heteroatoms. The van der Waals surface area contributed by atoms with Crippen molar-refractivity contribution in [3.63, 3.8) is 0 Å². The predicted octanol–water partition coefficient (Wildman–Crippen LogP) is 2.09. The fraction of sp³-hybridized carbons (Fsp3) is 0.444. The van der Waals surface area contributed by atoms with Crippen LogP contribution in [-0.2, 0) is 11.8 Å². The van der Waals surface area contributed by atoms with Gasteiger partial charge >= 0.3 is 0 Å². The Labute approximate surface area is 137 Å². The molecule has 5 nitrogen and oxygen atoms in total. The number of likely N-dealkylation sites (tertiary alicyclic amines) is 1. The second kappa shape index (κ2) is 6.96. The topological polar surface area (TPSA) is 50.2 Å². The highest BCUT2D eigenvalue weighted by molar-refractivity contribution is 5.83. The summed E-state index contributed by atoms with van der Waals surface area (Å²) in [6.45, 7) is 1.63. The van der Waals surface area contributed by atoms with Gasteiger partial charge in [0.05, 0.1) is 6.20 Å². The second-order valence-corrected chi connectivity index (χ2v) is 6.18. The maximum Gasteiger partial charge on any atom is 0.244 e. The van der Waals surface area contributed by atoms with Crippen LogP contribution in [0.15, 0.2) is 42.7 Å². The van der Waals surface area contributed by atoms with E-state index in [2.05, 4.69) is 34.7 Å². The van der Waals surface area contributed by atoms with E-state index in [-0.39, 0.29) is 11.9 Å². The van der Waals surface area contributed by atoms with E-state index in [0.29, 0.717) is 5.92 Å². The largest absolute Gasteiger partial charge is 0.341 e. The van der Waals surface area contributed by atoms with E-state index in [0.717, 1.165) is 31.5 Å². The summed E-state index contributed by atoms with van der Waals surface area (Å²) < 4.78 is 1.73. The third kappa shape index (κ3) is 3.45. The normalized spacial score (nSPS) is 17.2. The zero-order chi connectivity index (χ0) is 16.2. The summed E-state index contributed by atoms with van der Waals surface area (Å²) in [5, 5.41) is 7.30. The third-order valence-electron chi connectivity index (χ3n) is 4.67. The Hall–Kier alpha value is -2.14. The molecule has 0 saturated carbocycles. The number of likely N-dealkylation sites (N-methyl/N-ethyl adjacent to an activating group) is 1. The van der Waals surface area contributed by atoms with Crippen LogP contribution in [0.25, 0.3) is 0 Å². The zero-order valence-corrected chi connectivity index (χ0v) is 13.8. The summed E-state index contributed by atoms with van der Waals surface area (Å²) in [6.07, 6.45) is 5.71. The zero-order valence-electron chi connectivity index (χ0n) is 13.8. The number of nitrogens with one attached hydrogen (secondary N) is 1. The smallest absolute Gasteiger partial charge is 0.244 e. The van der Waals surface area contributed by atoms with E-state index in [1.54, 1.807) is 10.9 Å². The predicted molar refractivity (Wildman–Crippen MR) is 90.0 cm³/mol. The second-order valence-electron chi connectivity index (χ2n) is 6.18. The Kier molecular flexibility index (Phi) is 4.76. The lowest BCUT2D eigenvalue weighted by Crippen LogP contribution is -2.43. The molecular weight excluding hydrogens is 288 g/mol. The molecule has 122 valence electrons. The molecule has 1 fully saturated rings. The van der Waals surface area contributed by atoms with Crippen LogP contribution in [0.2, 0.25) is 0 Å². The maximum absolute atomic E-state index is 12.8. The van der Waals surface area contributed by atoms with E-state index in [9.17, 15) is 4.79 Å². The van der Waals surface area contributed by atoms with Gasteiger partial charge in [0.25, 0.3) is 0 Å². The average Bonchev–Trinajstić information content (AvgIpc) is 3.02. The van der Waals surface area contributed by atoms with Crippen LogP contribution in [0.5, 0.6) is 0 Å². The van der Waals surface area contributed by atoms with Crippen molar-refractivity contribution in [2.45, 2.75) is 24.8 Å². The van der Waals surface area contributed by atoms with Gasteiger partial charge in [-0.15, -0.1) is 0 Å². The summed E-state index contributed by atoms with van der Waals surface area (Å²) in [7, 11) is 3.69. The fourth-order valence-electron chi connectivity index (χ4n) is 3.36. The molecule has 1 unspecified atom stereocenters. The maximum atomic E-state index is 12.8. The standard InChI is InChI=1S/C18H24N4O/c1-19-17(16-12-20-21(2)13-16)18(23)22-10-8-15(9-11-22)14-6-4-3-5-7-14/h3-7,12-13,15,17,19H,8-11H2,1-2H3. The molecule has 1 aliphatic heterocycles. The van der Waals surface area contributed by atoms with Gasteiger partial charge in [0, 0.05) is 31.9 Å². The van der Waals surface area contributed by atoms with Crippen LogP contribution < -0.4 is 5.32 Å². The highest BCUT2D eigenvalue weighted by atomic mass is 16.2. The van der Waals surface area contributed by atoms with E-state index in [4.69, 9.17) is 0 Å². The van der Waals surface area contributed by atoms with Crippen LogP contribution in [-0.4, -0.2) is 40.7 Å². The molecular formula is C18H24N4O. The van der Waals surface area contributed by atoms with Crippen LogP contribution in [0.1, 0.15) is 35.9 Å². The molecule has 1 saturated heterocycles. The lowest BCUT2D eigenvalue weighted by Gasteiger charge is -2.34. The number of amides is 1. The monoisotopic (exact) mass is 312 g/mol. The van der Waals surface area contributed by atoms with E-state index >= 15 is 0 Å². The van der Waals surface area contributed by atoms with E-state index < -0.39 is 0 Å². The number of piperidine rings is 1. The molecule has 1 aliphatic rings. The van der Waals surface area contributed by atoms with Crippen LogP contribution >= 0.6 is 0 Å². The summed E-state index contributed by atoms with van der Waals surface area (Å²) in [5.41, 5.74) is 2.31. The van der Waals surface area contributed by atoms with Gasteiger partial charge in [-0.1, -0.05) is 30.3 Å². The molecule has 0 bridgehead atoms. The molecule has 0 radical (unpaired) electrons. The van der Waals surface area contributed by atoms with Crippen molar-refractivity contribution in [2.75, 3.05) is 20.1 Å². The Morgan fingerprint density at radius 2 is 1.96 bits per heavy atom. The molecule has 1 N–H and O–H groups in total. The average molecular weight is 312 g/mol. The number of nitrogens with zero attached hydrogens (tertiary/aromatic N) is 3. The van der Waals surface area contributed by atoms with Crippen LogP contribution in [0.3, 0.4) is 0 Å². The Morgan fingerprint density at radius 1 is 1.26 bits per heavy atom. The lowest BCUT2D eigenvalue weighted by molar-refractivity contribution is -0.134. The van der Waals surface area contributed by atoms with E-state index in [1.165, 1.54) is 5.56 Å². The molecule has 23 heavy (non-hydrogen) atoms. The molecule has 1 aromatic carbocycles. The third-order valence-corrected chi connectivity index (χ3v) is 4.67. The quantitative estimate of drug-likeness (QED) is 0.940. The minimum Gasteiger partial charge on any atom is -0.341 e. The van der Waals surface area contributed by atoms with Crippen molar-refractivity contribution in [1.82, 2.24) is 20.0 Å². The molecule has 0 spiro atoms. The summed E-state index contributed by atoms with van der Waals surface area (Å²) >= 11 is 0. The number of hydrogen-bond acceptors (Lipinski definition) is 3. The Balaban J connectivity index is 1.63. The molecule has 2 heterocycles. The molecule has 3 rings (SSSR count). The van der Waals surface area contributed by atoms with Crippen LogP contribution in [0, 0.1) is 0 Å². The SMILES string of the molecule is CNC(C(=O)N1CCC(c2ccccc2)CC1)c1cnn(C)c1. The Morgan fingerprint density at radius 3 is 2.52 bits per heavy atom. The van der Waals surface area contributed by atoms with Gasteiger partial charge in [-0.3, -0.25) is 9.48 Å². The van der Waals surface area contributed by atoms with Gasteiger partial charge < -0.3 is 10.2 Å². The van der Waals surface area contributed by atoms with Gasteiger partial charge in [0.1, 0.15) is 6.04 Å². The van der Waals surface area contributed by atoms with Crippen molar-refractivity contribution < 1.29 is 4.79 Å². The Bertz CT molecular complexity index is 644. The highest BCUT2D eigenvalue weighted by Gasteiger charge is 2.29. The first-order valence-electron chi connectivity index (χ1n) is 8.18.